The molecule has 1 unspecified atom stereocenters. The van der Waals surface area contributed by atoms with Crippen molar-refractivity contribution in [3.8, 4) is 0 Å². The zero-order chi connectivity index (χ0) is 18.2. The molecule has 0 saturated heterocycles. The molecule has 0 aliphatic carbocycles. The number of rotatable bonds is 9. The lowest BCUT2D eigenvalue weighted by atomic mass is 10.1. The minimum absolute atomic E-state index is 0.0417. The van der Waals surface area contributed by atoms with Gasteiger partial charge in [-0.1, -0.05) is 5.16 Å². The van der Waals surface area contributed by atoms with Crippen LogP contribution < -0.4 is 10.6 Å². The molecule has 1 rings (SSSR count). The van der Waals surface area contributed by atoms with Gasteiger partial charge in [0.05, 0.1) is 11.4 Å². The van der Waals surface area contributed by atoms with Crippen LogP contribution in [0.4, 0.5) is 0 Å². The van der Waals surface area contributed by atoms with E-state index in [0.717, 1.165) is 42.4 Å². The zero-order valence-corrected chi connectivity index (χ0v) is 16.2. The second-order valence-electron chi connectivity index (χ2n) is 6.13. The number of nitrogens with zero attached hydrogens (tertiary/aromatic N) is 2. The maximum atomic E-state index is 11.2. The van der Waals surface area contributed by atoms with E-state index in [-0.39, 0.29) is 11.8 Å². The second-order valence-corrected chi connectivity index (χ2v) is 8.39. The molecule has 24 heavy (non-hydrogen) atoms. The maximum absolute atomic E-state index is 11.2. The average Bonchev–Trinajstić information content (AvgIpc) is 2.80. The summed E-state index contributed by atoms with van der Waals surface area (Å²) in [6.45, 7) is 9.27. The maximum Gasteiger partial charge on any atom is 0.191 e. The van der Waals surface area contributed by atoms with Crippen LogP contribution >= 0.6 is 0 Å². The summed E-state index contributed by atoms with van der Waals surface area (Å²) in [6, 6.07) is 0.0417. The Morgan fingerprint density at radius 3 is 2.62 bits per heavy atom. The normalized spacial score (nSPS) is 13.8. The molecule has 1 heterocycles. The van der Waals surface area contributed by atoms with Gasteiger partial charge in [0, 0.05) is 31.0 Å². The van der Waals surface area contributed by atoms with Crippen LogP contribution in [0.2, 0.25) is 0 Å². The molecule has 7 nitrogen and oxygen atoms in total. The smallest absolute Gasteiger partial charge is 0.191 e. The molecule has 1 aromatic heterocycles. The van der Waals surface area contributed by atoms with Crippen molar-refractivity contribution < 1.29 is 12.9 Å². The van der Waals surface area contributed by atoms with Crippen LogP contribution in [0.25, 0.3) is 0 Å². The summed E-state index contributed by atoms with van der Waals surface area (Å²) in [6.07, 6.45) is 3.60. The molecular weight excluding hydrogens is 328 g/mol. The molecule has 0 radical (unpaired) electrons. The Kier molecular flexibility index (Phi) is 8.24. The molecule has 0 fully saturated rings. The quantitative estimate of drug-likeness (QED) is 0.395. The molecule has 0 saturated carbocycles. The topological polar surface area (TPSA) is 96.6 Å². The minimum Gasteiger partial charge on any atom is -0.361 e. The minimum atomic E-state index is -2.94. The summed E-state index contributed by atoms with van der Waals surface area (Å²) in [7, 11) is -2.94. The standard InChI is InChI=1S/C16H30N4O3S/c1-6-17-16(19-12(2)9-11-24(5,21)22)18-10-7-8-15-13(3)20-23-14(15)4/h12H,6-11H2,1-5H3,(H2,17,18,19). The van der Waals surface area contributed by atoms with Crippen LogP contribution in [0.5, 0.6) is 0 Å². The number of nitrogens with one attached hydrogen (secondary N) is 2. The van der Waals surface area contributed by atoms with Crippen LogP contribution in [-0.4, -0.2) is 50.7 Å². The van der Waals surface area contributed by atoms with Crippen molar-refractivity contribution in [2.75, 3.05) is 25.1 Å². The van der Waals surface area contributed by atoms with Crippen molar-refractivity contribution in [2.45, 2.75) is 53.0 Å². The Hall–Kier alpha value is -1.57. The van der Waals surface area contributed by atoms with Crippen molar-refractivity contribution in [3.63, 3.8) is 0 Å². The van der Waals surface area contributed by atoms with Gasteiger partial charge in [0.1, 0.15) is 15.6 Å². The molecule has 0 aromatic carbocycles. The number of sulfone groups is 1. The Labute approximate surface area is 145 Å². The van der Waals surface area contributed by atoms with Crippen molar-refractivity contribution in [3.05, 3.63) is 17.0 Å². The van der Waals surface area contributed by atoms with E-state index >= 15 is 0 Å². The van der Waals surface area contributed by atoms with Gasteiger partial charge in [0.2, 0.25) is 0 Å². The first-order valence-electron chi connectivity index (χ1n) is 8.37. The highest BCUT2D eigenvalue weighted by atomic mass is 32.2. The molecular formula is C16H30N4O3S. The number of aliphatic imine (C=N–C) groups is 1. The number of aromatic nitrogens is 1. The van der Waals surface area contributed by atoms with Gasteiger partial charge in [0.15, 0.2) is 5.96 Å². The van der Waals surface area contributed by atoms with E-state index in [9.17, 15) is 8.42 Å². The van der Waals surface area contributed by atoms with Gasteiger partial charge in [-0.2, -0.15) is 0 Å². The molecule has 0 bridgehead atoms. The molecule has 0 aliphatic rings. The summed E-state index contributed by atoms with van der Waals surface area (Å²) >= 11 is 0. The molecule has 0 spiro atoms. The molecule has 0 aliphatic heterocycles. The van der Waals surface area contributed by atoms with E-state index in [4.69, 9.17) is 4.52 Å². The zero-order valence-electron chi connectivity index (χ0n) is 15.3. The first kappa shape index (κ1) is 20.5. The van der Waals surface area contributed by atoms with E-state index in [0.29, 0.717) is 13.0 Å². The fourth-order valence-corrected chi connectivity index (χ4v) is 3.10. The summed E-state index contributed by atoms with van der Waals surface area (Å²) in [4.78, 5) is 4.55. The molecule has 0 amide bonds. The highest BCUT2D eigenvalue weighted by molar-refractivity contribution is 7.90. The first-order valence-corrected chi connectivity index (χ1v) is 10.4. The average molecular weight is 359 g/mol. The van der Waals surface area contributed by atoms with Crippen molar-refractivity contribution in [1.29, 1.82) is 0 Å². The Morgan fingerprint density at radius 1 is 1.38 bits per heavy atom. The summed E-state index contributed by atoms with van der Waals surface area (Å²) in [5.74, 6) is 1.76. The van der Waals surface area contributed by atoms with E-state index in [1.54, 1.807) is 0 Å². The third-order valence-electron chi connectivity index (χ3n) is 3.69. The van der Waals surface area contributed by atoms with Crippen LogP contribution in [0.3, 0.4) is 0 Å². The van der Waals surface area contributed by atoms with E-state index in [2.05, 4.69) is 20.8 Å². The monoisotopic (exact) mass is 358 g/mol. The van der Waals surface area contributed by atoms with Gasteiger partial charge >= 0.3 is 0 Å². The third-order valence-corrected chi connectivity index (χ3v) is 4.66. The van der Waals surface area contributed by atoms with Crippen LogP contribution in [0.1, 0.15) is 43.7 Å². The van der Waals surface area contributed by atoms with Gasteiger partial charge in [0.25, 0.3) is 0 Å². The summed E-state index contributed by atoms with van der Waals surface area (Å²) in [5, 5.41) is 10.4. The Bertz CT molecular complexity index is 618. The summed E-state index contributed by atoms with van der Waals surface area (Å²) < 4.78 is 27.6. The van der Waals surface area contributed by atoms with Crippen molar-refractivity contribution in [1.82, 2.24) is 15.8 Å². The van der Waals surface area contributed by atoms with Gasteiger partial charge in [-0.15, -0.1) is 0 Å². The number of hydrogen-bond acceptors (Lipinski definition) is 5. The highest BCUT2D eigenvalue weighted by Gasteiger charge is 2.10. The third kappa shape index (κ3) is 7.81. The van der Waals surface area contributed by atoms with E-state index in [1.165, 1.54) is 6.26 Å². The lowest BCUT2D eigenvalue weighted by Crippen LogP contribution is -2.42. The van der Waals surface area contributed by atoms with Crippen molar-refractivity contribution in [2.24, 2.45) is 4.99 Å². The summed E-state index contributed by atoms with van der Waals surface area (Å²) in [5.41, 5.74) is 2.10. The second kappa shape index (κ2) is 9.66. The van der Waals surface area contributed by atoms with E-state index < -0.39 is 9.84 Å². The Morgan fingerprint density at radius 2 is 2.08 bits per heavy atom. The first-order chi connectivity index (χ1) is 11.2. The molecule has 138 valence electrons. The molecule has 8 heteroatoms. The van der Waals surface area contributed by atoms with Crippen LogP contribution in [0, 0.1) is 13.8 Å². The molecule has 2 N–H and O–H groups in total. The van der Waals surface area contributed by atoms with Crippen LogP contribution in [-0.2, 0) is 16.3 Å². The van der Waals surface area contributed by atoms with Gasteiger partial charge in [-0.3, -0.25) is 4.99 Å². The van der Waals surface area contributed by atoms with Gasteiger partial charge < -0.3 is 15.2 Å². The lowest BCUT2D eigenvalue weighted by molar-refractivity contribution is 0.392. The predicted molar refractivity (Wildman–Crippen MR) is 97.2 cm³/mol. The van der Waals surface area contributed by atoms with Gasteiger partial charge in [-0.05, 0) is 47.0 Å². The fourth-order valence-electron chi connectivity index (χ4n) is 2.32. The SMILES string of the molecule is CCNC(=NCCCc1c(C)noc1C)NC(C)CCS(C)(=O)=O. The van der Waals surface area contributed by atoms with E-state index in [1.807, 2.05) is 27.7 Å². The Balaban J connectivity index is 2.47. The number of aryl methyl sites for hydroxylation is 2. The number of hydrogen-bond donors (Lipinski definition) is 2. The molecule has 1 aromatic rings. The van der Waals surface area contributed by atoms with Crippen LogP contribution in [0.15, 0.2) is 9.52 Å². The van der Waals surface area contributed by atoms with Crippen molar-refractivity contribution >= 4 is 15.8 Å². The van der Waals surface area contributed by atoms with Gasteiger partial charge in [-0.25, -0.2) is 8.42 Å². The highest BCUT2D eigenvalue weighted by Crippen LogP contribution is 2.14. The fraction of sp³-hybridized carbons (Fsp3) is 0.750. The predicted octanol–water partition coefficient (Wildman–Crippen LogP) is 1.60. The number of guanidine groups is 1. The molecule has 1 atom stereocenters. The largest absolute Gasteiger partial charge is 0.361 e. The lowest BCUT2D eigenvalue weighted by Gasteiger charge is -2.17.